The number of ether oxygens (including phenoxy) is 3. The number of amides is 1. The van der Waals surface area contributed by atoms with Crippen molar-refractivity contribution in [3.8, 4) is 11.5 Å². The van der Waals surface area contributed by atoms with Gasteiger partial charge in [0.25, 0.3) is 11.6 Å². The van der Waals surface area contributed by atoms with Crippen LogP contribution in [0.15, 0.2) is 12.1 Å². The van der Waals surface area contributed by atoms with Gasteiger partial charge in [0.15, 0.2) is 18.1 Å². The first kappa shape index (κ1) is 18.3. The third kappa shape index (κ3) is 4.96. The third-order valence-corrected chi connectivity index (χ3v) is 2.90. The Balaban J connectivity index is 2.08. The molecule has 1 heterocycles. The van der Waals surface area contributed by atoms with E-state index in [9.17, 15) is 32.9 Å². The number of hydrogen-bond acceptors (Lipinski definition) is 7. The monoisotopic (exact) mass is 364 g/mol. The van der Waals surface area contributed by atoms with E-state index in [-0.39, 0.29) is 24.7 Å². The second-order valence-corrected chi connectivity index (χ2v) is 4.74. The van der Waals surface area contributed by atoms with E-state index in [0.29, 0.717) is 0 Å². The van der Waals surface area contributed by atoms with Crippen molar-refractivity contribution in [1.82, 2.24) is 5.32 Å². The standard InChI is InChI=1S/C13H11F3N2O7/c14-13(15,16)6-17-11(19)5-25-12(20)7-3-9-10(24-2-1-23-9)4-8(7)18(21)22/h3-4H,1-2,5-6H2,(H,17,19). The molecular weight excluding hydrogens is 353 g/mol. The highest BCUT2D eigenvalue weighted by molar-refractivity contribution is 5.96. The molecule has 0 unspecified atom stereocenters. The van der Waals surface area contributed by atoms with Gasteiger partial charge in [0.1, 0.15) is 25.3 Å². The topological polar surface area (TPSA) is 117 Å². The van der Waals surface area contributed by atoms with Crippen molar-refractivity contribution in [3.63, 3.8) is 0 Å². The highest BCUT2D eigenvalue weighted by Crippen LogP contribution is 2.36. The predicted molar refractivity (Wildman–Crippen MR) is 73.4 cm³/mol. The van der Waals surface area contributed by atoms with Crippen molar-refractivity contribution in [2.24, 2.45) is 0 Å². The second-order valence-electron chi connectivity index (χ2n) is 4.74. The Kier molecular flexibility index (Phi) is 5.29. The van der Waals surface area contributed by atoms with Gasteiger partial charge in [0.2, 0.25) is 0 Å². The molecule has 25 heavy (non-hydrogen) atoms. The van der Waals surface area contributed by atoms with E-state index in [1.54, 1.807) is 0 Å². The van der Waals surface area contributed by atoms with Crippen LogP contribution in [-0.2, 0) is 9.53 Å². The van der Waals surface area contributed by atoms with Crippen LogP contribution in [0.5, 0.6) is 11.5 Å². The van der Waals surface area contributed by atoms with Crippen molar-refractivity contribution < 1.29 is 41.9 Å². The minimum atomic E-state index is -4.62. The summed E-state index contributed by atoms with van der Waals surface area (Å²) < 4.78 is 50.7. The van der Waals surface area contributed by atoms with Crippen LogP contribution in [0.25, 0.3) is 0 Å². The molecule has 0 fully saturated rings. The first-order chi connectivity index (χ1) is 11.7. The van der Waals surface area contributed by atoms with E-state index in [1.807, 2.05) is 0 Å². The van der Waals surface area contributed by atoms with Crippen LogP contribution in [-0.4, -0.2) is 49.3 Å². The number of hydrogen-bond donors (Lipinski definition) is 1. The summed E-state index contributed by atoms with van der Waals surface area (Å²) in [5.41, 5.74) is -1.16. The van der Waals surface area contributed by atoms with Gasteiger partial charge in [-0.25, -0.2) is 4.79 Å². The van der Waals surface area contributed by atoms with Crippen LogP contribution >= 0.6 is 0 Å². The van der Waals surface area contributed by atoms with Crippen LogP contribution in [0.1, 0.15) is 10.4 Å². The zero-order chi connectivity index (χ0) is 18.6. The molecule has 1 aromatic carbocycles. The summed E-state index contributed by atoms with van der Waals surface area (Å²) in [5, 5.41) is 12.6. The number of nitrogens with one attached hydrogen (secondary N) is 1. The Bertz CT molecular complexity index is 706. The largest absolute Gasteiger partial charge is 0.486 e. The maximum atomic E-state index is 12.0. The lowest BCUT2D eigenvalue weighted by Gasteiger charge is -2.18. The zero-order valence-electron chi connectivity index (χ0n) is 12.4. The summed E-state index contributed by atoms with van der Waals surface area (Å²) in [6.07, 6.45) is -4.62. The summed E-state index contributed by atoms with van der Waals surface area (Å²) in [6, 6.07) is 1.98. The molecule has 1 aliphatic rings. The van der Waals surface area contributed by atoms with Crippen LogP contribution in [0, 0.1) is 10.1 Å². The number of carbonyl (C=O) groups excluding carboxylic acids is 2. The summed E-state index contributed by atoms with van der Waals surface area (Å²) in [4.78, 5) is 33.3. The minimum Gasteiger partial charge on any atom is -0.486 e. The Hall–Kier alpha value is -3.05. The number of fused-ring (bicyclic) bond motifs is 1. The molecule has 0 atom stereocenters. The zero-order valence-corrected chi connectivity index (χ0v) is 12.4. The average molecular weight is 364 g/mol. The number of benzene rings is 1. The van der Waals surface area contributed by atoms with Gasteiger partial charge in [0.05, 0.1) is 11.0 Å². The maximum Gasteiger partial charge on any atom is 0.405 e. The number of nitro groups is 1. The van der Waals surface area contributed by atoms with Gasteiger partial charge in [-0.05, 0) is 0 Å². The van der Waals surface area contributed by atoms with E-state index in [4.69, 9.17) is 9.47 Å². The maximum absolute atomic E-state index is 12.0. The number of nitrogens with zero attached hydrogens (tertiary/aromatic N) is 1. The molecule has 1 amide bonds. The number of nitro benzene ring substituents is 1. The molecule has 1 N–H and O–H groups in total. The third-order valence-electron chi connectivity index (χ3n) is 2.90. The lowest BCUT2D eigenvalue weighted by atomic mass is 10.1. The molecule has 0 aromatic heterocycles. The molecule has 0 radical (unpaired) electrons. The Morgan fingerprint density at radius 3 is 2.40 bits per heavy atom. The number of halogens is 3. The SMILES string of the molecule is O=C(COC(=O)c1cc2c(cc1[N+](=O)[O-])OCCO2)NCC(F)(F)F. The first-order valence-electron chi connectivity index (χ1n) is 6.76. The average Bonchev–Trinajstić information content (AvgIpc) is 2.55. The molecule has 0 spiro atoms. The van der Waals surface area contributed by atoms with Crippen molar-refractivity contribution in [2.45, 2.75) is 6.18 Å². The van der Waals surface area contributed by atoms with E-state index in [1.165, 1.54) is 5.32 Å². The lowest BCUT2D eigenvalue weighted by molar-refractivity contribution is -0.385. The van der Waals surface area contributed by atoms with E-state index >= 15 is 0 Å². The van der Waals surface area contributed by atoms with Crippen LogP contribution in [0.2, 0.25) is 0 Å². The van der Waals surface area contributed by atoms with Crippen molar-refractivity contribution in [2.75, 3.05) is 26.4 Å². The molecule has 136 valence electrons. The lowest BCUT2D eigenvalue weighted by Crippen LogP contribution is -2.36. The van der Waals surface area contributed by atoms with Crippen LogP contribution in [0.4, 0.5) is 18.9 Å². The van der Waals surface area contributed by atoms with Crippen LogP contribution in [0.3, 0.4) is 0 Å². The van der Waals surface area contributed by atoms with Gasteiger partial charge in [-0.15, -0.1) is 0 Å². The fourth-order valence-corrected chi connectivity index (χ4v) is 1.85. The van der Waals surface area contributed by atoms with Gasteiger partial charge in [-0.2, -0.15) is 13.2 Å². The summed E-state index contributed by atoms with van der Waals surface area (Å²) in [6.45, 7) is -2.28. The molecule has 0 saturated carbocycles. The van der Waals surface area contributed by atoms with Gasteiger partial charge in [-0.1, -0.05) is 0 Å². The Morgan fingerprint density at radius 1 is 1.24 bits per heavy atom. The summed E-state index contributed by atoms with van der Waals surface area (Å²) >= 11 is 0. The molecule has 9 nitrogen and oxygen atoms in total. The fraction of sp³-hybridized carbons (Fsp3) is 0.385. The van der Waals surface area contributed by atoms with E-state index < -0.39 is 47.4 Å². The van der Waals surface area contributed by atoms with Crippen LogP contribution < -0.4 is 14.8 Å². The molecule has 1 aliphatic heterocycles. The smallest absolute Gasteiger partial charge is 0.405 e. The highest BCUT2D eigenvalue weighted by Gasteiger charge is 2.29. The predicted octanol–water partition coefficient (Wildman–Crippen LogP) is 1.20. The molecule has 2 rings (SSSR count). The summed E-state index contributed by atoms with van der Waals surface area (Å²) in [5.74, 6) is -2.32. The van der Waals surface area contributed by atoms with Gasteiger partial charge in [-0.3, -0.25) is 14.9 Å². The first-order valence-corrected chi connectivity index (χ1v) is 6.76. The molecule has 12 heteroatoms. The normalized spacial score (nSPS) is 13.1. The van der Waals surface area contributed by atoms with Crippen molar-refractivity contribution in [3.05, 3.63) is 27.8 Å². The van der Waals surface area contributed by atoms with E-state index in [2.05, 4.69) is 4.74 Å². The molecule has 0 aliphatic carbocycles. The minimum absolute atomic E-state index is 0.0671. The number of carbonyl (C=O) groups is 2. The van der Waals surface area contributed by atoms with E-state index in [0.717, 1.165) is 12.1 Å². The summed E-state index contributed by atoms with van der Waals surface area (Å²) in [7, 11) is 0. The Morgan fingerprint density at radius 2 is 1.84 bits per heavy atom. The fourth-order valence-electron chi connectivity index (χ4n) is 1.85. The molecule has 0 bridgehead atoms. The van der Waals surface area contributed by atoms with Gasteiger partial charge >= 0.3 is 12.1 Å². The van der Waals surface area contributed by atoms with Crippen molar-refractivity contribution >= 4 is 17.6 Å². The second kappa shape index (κ2) is 7.23. The highest BCUT2D eigenvalue weighted by atomic mass is 19.4. The molecule has 1 aromatic rings. The van der Waals surface area contributed by atoms with Crippen molar-refractivity contribution in [1.29, 1.82) is 0 Å². The quantitative estimate of drug-likeness (QED) is 0.474. The molecular formula is C13H11F3N2O7. The van der Waals surface area contributed by atoms with Gasteiger partial charge in [0, 0.05) is 6.07 Å². The Labute approximate surface area is 137 Å². The molecule has 0 saturated heterocycles. The number of esters is 1. The van der Waals surface area contributed by atoms with Gasteiger partial charge < -0.3 is 19.5 Å². The number of alkyl halides is 3. The number of rotatable bonds is 5.